The van der Waals surface area contributed by atoms with E-state index in [0.717, 1.165) is 64.5 Å². The predicted octanol–water partition coefficient (Wildman–Crippen LogP) is 2.94. The van der Waals surface area contributed by atoms with Crippen LogP contribution in [-0.4, -0.2) is 50.5 Å². The lowest BCUT2D eigenvalue weighted by atomic mass is 9.94. The zero-order valence-corrected chi connectivity index (χ0v) is 17.8. The first kappa shape index (κ1) is 23.7. The molecule has 0 aromatic rings. The molecule has 1 heterocycles. The van der Waals surface area contributed by atoms with Crippen molar-refractivity contribution in [1.29, 1.82) is 0 Å². The number of aliphatic imine (C=N–C) groups is 1. The van der Waals surface area contributed by atoms with Gasteiger partial charge in [-0.1, -0.05) is 25.5 Å². The van der Waals surface area contributed by atoms with Crippen molar-refractivity contribution >= 4 is 29.9 Å². The number of hydrogen-bond donors (Lipinski definition) is 3. The van der Waals surface area contributed by atoms with Gasteiger partial charge in [0, 0.05) is 26.2 Å². The molecular formula is C18H36IN3O2. The maximum Gasteiger partial charge on any atom is 0.191 e. The van der Waals surface area contributed by atoms with Crippen molar-refractivity contribution in [3.63, 3.8) is 0 Å². The van der Waals surface area contributed by atoms with Crippen molar-refractivity contribution in [2.24, 2.45) is 16.8 Å². The first-order valence-corrected chi connectivity index (χ1v) is 9.04. The summed E-state index contributed by atoms with van der Waals surface area (Å²) in [5.41, 5.74) is 1.47. The van der Waals surface area contributed by atoms with Gasteiger partial charge in [0.2, 0.25) is 0 Å². The van der Waals surface area contributed by atoms with Crippen molar-refractivity contribution in [3.05, 3.63) is 11.6 Å². The van der Waals surface area contributed by atoms with Crippen LogP contribution < -0.4 is 10.6 Å². The minimum Gasteiger partial charge on any atom is -0.396 e. The van der Waals surface area contributed by atoms with E-state index in [-0.39, 0.29) is 30.6 Å². The minimum atomic E-state index is 0. The van der Waals surface area contributed by atoms with Gasteiger partial charge >= 0.3 is 0 Å². The fourth-order valence-electron chi connectivity index (χ4n) is 2.83. The Morgan fingerprint density at radius 1 is 1.38 bits per heavy atom. The smallest absolute Gasteiger partial charge is 0.191 e. The molecule has 0 aromatic heterocycles. The predicted molar refractivity (Wildman–Crippen MR) is 112 cm³/mol. The van der Waals surface area contributed by atoms with Gasteiger partial charge in [-0.2, -0.15) is 0 Å². The summed E-state index contributed by atoms with van der Waals surface area (Å²) in [6.07, 6.45) is 6.21. The fraction of sp³-hybridized carbons (Fsp3) is 0.833. The van der Waals surface area contributed by atoms with E-state index in [1.165, 1.54) is 5.57 Å². The molecule has 0 aliphatic carbocycles. The summed E-state index contributed by atoms with van der Waals surface area (Å²) in [4.78, 5) is 4.71. The maximum absolute atomic E-state index is 9.21. The number of ether oxygens (including phenoxy) is 1. The largest absolute Gasteiger partial charge is 0.396 e. The second-order valence-corrected chi connectivity index (χ2v) is 6.59. The van der Waals surface area contributed by atoms with Crippen molar-refractivity contribution < 1.29 is 9.84 Å². The Balaban J connectivity index is 0.00000529. The Labute approximate surface area is 164 Å². The van der Waals surface area contributed by atoms with Gasteiger partial charge in [0.15, 0.2) is 5.96 Å². The number of nitrogens with one attached hydrogen (secondary N) is 2. The second-order valence-electron chi connectivity index (χ2n) is 6.59. The molecule has 0 radical (unpaired) electrons. The summed E-state index contributed by atoms with van der Waals surface area (Å²) in [5.74, 6) is 1.97. The minimum absolute atomic E-state index is 0. The first-order valence-electron chi connectivity index (χ1n) is 9.04. The molecule has 0 fully saturated rings. The van der Waals surface area contributed by atoms with E-state index in [9.17, 15) is 5.11 Å². The van der Waals surface area contributed by atoms with Crippen LogP contribution in [0.4, 0.5) is 0 Å². The van der Waals surface area contributed by atoms with Gasteiger partial charge in [-0.05, 0) is 44.4 Å². The number of guanidine groups is 1. The Hall–Kier alpha value is -0.340. The summed E-state index contributed by atoms with van der Waals surface area (Å²) in [6, 6.07) is 0. The van der Waals surface area contributed by atoms with Crippen LogP contribution in [0.2, 0.25) is 0 Å². The number of halogens is 1. The van der Waals surface area contributed by atoms with E-state index in [4.69, 9.17) is 9.73 Å². The molecule has 24 heavy (non-hydrogen) atoms. The van der Waals surface area contributed by atoms with Crippen LogP contribution in [0.5, 0.6) is 0 Å². The lowest BCUT2D eigenvalue weighted by Gasteiger charge is -2.18. The highest BCUT2D eigenvalue weighted by molar-refractivity contribution is 14.0. The summed E-state index contributed by atoms with van der Waals surface area (Å²) in [7, 11) is 0. The number of rotatable bonds is 10. The molecule has 1 aliphatic heterocycles. The van der Waals surface area contributed by atoms with Crippen molar-refractivity contribution in [3.8, 4) is 0 Å². The van der Waals surface area contributed by atoms with Crippen LogP contribution in [0.1, 0.15) is 46.5 Å². The molecule has 142 valence electrons. The molecule has 0 spiro atoms. The van der Waals surface area contributed by atoms with E-state index in [1.54, 1.807) is 0 Å². The number of nitrogens with zero attached hydrogens (tertiary/aromatic N) is 1. The third kappa shape index (κ3) is 11.3. The third-order valence-electron chi connectivity index (χ3n) is 3.99. The van der Waals surface area contributed by atoms with Gasteiger partial charge in [0.1, 0.15) is 0 Å². The zero-order valence-electron chi connectivity index (χ0n) is 15.5. The van der Waals surface area contributed by atoms with Gasteiger partial charge in [0.25, 0.3) is 0 Å². The lowest BCUT2D eigenvalue weighted by Crippen LogP contribution is -2.38. The third-order valence-corrected chi connectivity index (χ3v) is 3.99. The molecule has 3 N–H and O–H groups in total. The lowest BCUT2D eigenvalue weighted by molar-refractivity contribution is 0.153. The highest BCUT2D eigenvalue weighted by Crippen LogP contribution is 2.15. The summed E-state index contributed by atoms with van der Waals surface area (Å²) < 4.78 is 5.33. The number of aliphatic hydroxyl groups is 1. The van der Waals surface area contributed by atoms with Crippen LogP contribution in [0.3, 0.4) is 0 Å². The standard InChI is InChI=1S/C18H35N3O2.HI/c1-4-19-18(20-9-5-16-7-11-23-12-8-16)21-14-17(6-10-22)13-15(2)3;/h7,15,17,22H,4-6,8-14H2,1-3H3,(H2,19,20,21);1H. The molecule has 0 bridgehead atoms. The molecule has 0 amide bonds. The Bertz CT molecular complexity index is 373. The zero-order chi connectivity index (χ0) is 16.9. The Kier molecular flexibility index (Phi) is 14.7. The molecule has 1 rings (SSSR count). The first-order chi connectivity index (χ1) is 11.2. The van der Waals surface area contributed by atoms with Crippen molar-refractivity contribution in [1.82, 2.24) is 10.6 Å². The van der Waals surface area contributed by atoms with Gasteiger partial charge in [0.05, 0.1) is 13.2 Å². The molecule has 0 aromatic carbocycles. The van der Waals surface area contributed by atoms with Crippen molar-refractivity contribution in [2.45, 2.75) is 46.5 Å². The van der Waals surface area contributed by atoms with E-state index in [0.29, 0.717) is 11.8 Å². The average molecular weight is 453 g/mol. The van der Waals surface area contributed by atoms with Crippen LogP contribution in [-0.2, 0) is 4.74 Å². The molecule has 1 unspecified atom stereocenters. The molecule has 1 atom stereocenters. The molecule has 5 nitrogen and oxygen atoms in total. The van der Waals surface area contributed by atoms with E-state index in [2.05, 4.69) is 37.5 Å². The topological polar surface area (TPSA) is 65.9 Å². The molecule has 1 aliphatic rings. The molecule has 0 saturated heterocycles. The Morgan fingerprint density at radius 3 is 2.75 bits per heavy atom. The Morgan fingerprint density at radius 2 is 2.17 bits per heavy atom. The molecular weight excluding hydrogens is 417 g/mol. The second kappa shape index (κ2) is 15.0. The highest BCUT2D eigenvalue weighted by Gasteiger charge is 2.11. The SMILES string of the molecule is CCNC(=NCC(CCO)CC(C)C)NCCC1=CCOCC1.I. The van der Waals surface area contributed by atoms with Crippen molar-refractivity contribution in [2.75, 3.05) is 39.5 Å². The average Bonchev–Trinajstić information content (AvgIpc) is 2.53. The monoisotopic (exact) mass is 453 g/mol. The van der Waals surface area contributed by atoms with Crippen LogP contribution in [0.25, 0.3) is 0 Å². The van der Waals surface area contributed by atoms with Crippen LogP contribution in [0, 0.1) is 11.8 Å². The summed E-state index contributed by atoms with van der Waals surface area (Å²) in [6.45, 7) is 10.9. The summed E-state index contributed by atoms with van der Waals surface area (Å²) >= 11 is 0. The summed E-state index contributed by atoms with van der Waals surface area (Å²) in [5, 5.41) is 15.9. The normalized spacial score (nSPS) is 16.4. The van der Waals surface area contributed by atoms with E-state index < -0.39 is 0 Å². The van der Waals surface area contributed by atoms with E-state index >= 15 is 0 Å². The van der Waals surface area contributed by atoms with Gasteiger partial charge in [-0.25, -0.2) is 0 Å². The fourth-order valence-corrected chi connectivity index (χ4v) is 2.83. The molecule has 0 saturated carbocycles. The van der Waals surface area contributed by atoms with Gasteiger partial charge < -0.3 is 20.5 Å². The quantitative estimate of drug-likeness (QED) is 0.206. The molecule has 6 heteroatoms. The van der Waals surface area contributed by atoms with Crippen LogP contribution in [0.15, 0.2) is 16.6 Å². The van der Waals surface area contributed by atoms with Gasteiger partial charge in [-0.15, -0.1) is 24.0 Å². The highest BCUT2D eigenvalue weighted by atomic mass is 127. The van der Waals surface area contributed by atoms with Crippen LogP contribution >= 0.6 is 24.0 Å². The van der Waals surface area contributed by atoms with E-state index in [1.807, 2.05) is 0 Å². The van der Waals surface area contributed by atoms with Gasteiger partial charge in [-0.3, -0.25) is 4.99 Å². The number of aliphatic hydroxyl groups excluding tert-OH is 1. The number of hydrogen-bond acceptors (Lipinski definition) is 3. The maximum atomic E-state index is 9.21.